The maximum Gasteiger partial charge on any atom is 0.0111 e. The maximum atomic E-state index is 4.00. The Labute approximate surface area is 61.9 Å². The molecular formula is C7H12ClN. The van der Waals surface area contributed by atoms with Gasteiger partial charge in [0.2, 0.25) is 0 Å². The van der Waals surface area contributed by atoms with Crippen molar-refractivity contribution in [3.63, 3.8) is 0 Å². The molecule has 2 heteroatoms. The van der Waals surface area contributed by atoms with Crippen LogP contribution in [0.15, 0.2) is 12.2 Å². The molecule has 0 amide bonds. The minimum atomic E-state index is 0. The average Bonchev–Trinajstić information content (AvgIpc) is 2.23. The molecule has 0 aromatic rings. The number of hydrogen-bond acceptors (Lipinski definition) is 1. The van der Waals surface area contributed by atoms with Gasteiger partial charge in [-0.3, -0.25) is 0 Å². The second-order valence-corrected chi connectivity index (χ2v) is 2.90. The van der Waals surface area contributed by atoms with E-state index in [0.717, 1.165) is 12.0 Å². The van der Waals surface area contributed by atoms with Gasteiger partial charge in [-0.15, -0.1) is 12.4 Å². The second-order valence-electron chi connectivity index (χ2n) is 2.90. The van der Waals surface area contributed by atoms with Gasteiger partial charge in [-0.2, -0.15) is 0 Å². The molecule has 2 unspecified atom stereocenters. The van der Waals surface area contributed by atoms with Crippen LogP contribution in [0, 0.1) is 5.92 Å². The molecule has 1 aliphatic carbocycles. The highest BCUT2D eigenvalue weighted by molar-refractivity contribution is 5.85. The van der Waals surface area contributed by atoms with Crippen LogP contribution < -0.4 is 5.32 Å². The maximum absolute atomic E-state index is 4.00. The van der Waals surface area contributed by atoms with Crippen LogP contribution in [0.1, 0.15) is 12.8 Å². The predicted octanol–water partition coefficient (Wildman–Crippen LogP) is 1.35. The molecule has 1 nitrogen and oxygen atoms in total. The number of halogens is 1. The van der Waals surface area contributed by atoms with Crippen molar-refractivity contribution < 1.29 is 0 Å². The minimum Gasteiger partial charge on any atom is -0.313 e. The van der Waals surface area contributed by atoms with E-state index in [9.17, 15) is 0 Å². The lowest BCUT2D eigenvalue weighted by atomic mass is 10.1. The Hall–Kier alpha value is -0.0100. The van der Waals surface area contributed by atoms with Gasteiger partial charge in [0.05, 0.1) is 0 Å². The van der Waals surface area contributed by atoms with Gasteiger partial charge in [0.1, 0.15) is 0 Å². The standard InChI is InChI=1S/C7H11N.ClH/c1-5-2-7-3-6(5)4-8-7;/h6-8H,1-4H2;1H. The average molecular weight is 146 g/mol. The van der Waals surface area contributed by atoms with Gasteiger partial charge in [0, 0.05) is 12.6 Å². The first-order chi connectivity index (χ1) is 3.86. The molecule has 0 aromatic carbocycles. The first-order valence-electron chi connectivity index (χ1n) is 3.27. The summed E-state index contributed by atoms with van der Waals surface area (Å²) in [6.07, 6.45) is 2.60. The highest BCUT2D eigenvalue weighted by atomic mass is 35.5. The topological polar surface area (TPSA) is 12.0 Å². The molecular weight excluding hydrogens is 134 g/mol. The van der Waals surface area contributed by atoms with Gasteiger partial charge in [-0.25, -0.2) is 0 Å². The lowest BCUT2D eigenvalue weighted by molar-refractivity contribution is 0.593. The molecule has 2 bridgehead atoms. The zero-order valence-corrected chi connectivity index (χ0v) is 6.21. The molecule has 0 spiro atoms. The number of rotatable bonds is 0. The zero-order valence-electron chi connectivity index (χ0n) is 5.39. The summed E-state index contributed by atoms with van der Waals surface area (Å²) in [6, 6.07) is 0.799. The molecule has 1 saturated carbocycles. The lowest BCUT2D eigenvalue weighted by Crippen LogP contribution is -2.24. The molecule has 52 valence electrons. The molecule has 1 saturated heterocycles. The fourth-order valence-corrected chi connectivity index (χ4v) is 1.77. The third-order valence-electron chi connectivity index (χ3n) is 2.31. The quantitative estimate of drug-likeness (QED) is 0.508. The first-order valence-corrected chi connectivity index (χ1v) is 3.27. The summed E-state index contributed by atoms with van der Waals surface area (Å²) in [7, 11) is 0. The van der Waals surface area contributed by atoms with Crippen molar-refractivity contribution in [3.05, 3.63) is 12.2 Å². The fraction of sp³-hybridized carbons (Fsp3) is 0.714. The lowest BCUT2D eigenvalue weighted by Gasteiger charge is -2.11. The van der Waals surface area contributed by atoms with Crippen LogP contribution in [0.2, 0.25) is 0 Å². The van der Waals surface area contributed by atoms with E-state index in [1.54, 1.807) is 0 Å². The molecule has 0 aromatic heterocycles. The van der Waals surface area contributed by atoms with E-state index in [1.165, 1.54) is 25.0 Å². The van der Waals surface area contributed by atoms with E-state index in [1.807, 2.05) is 0 Å². The highest BCUT2D eigenvalue weighted by Crippen LogP contribution is 2.34. The summed E-state index contributed by atoms with van der Waals surface area (Å²) >= 11 is 0. The van der Waals surface area contributed by atoms with E-state index in [4.69, 9.17) is 0 Å². The monoisotopic (exact) mass is 145 g/mol. The van der Waals surface area contributed by atoms with E-state index in [0.29, 0.717) is 0 Å². The Morgan fingerprint density at radius 3 is 2.56 bits per heavy atom. The van der Waals surface area contributed by atoms with Gasteiger partial charge >= 0.3 is 0 Å². The van der Waals surface area contributed by atoms with Crippen LogP contribution in [0.4, 0.5) is 0 Å². The Bertz CT molecular complexity index is 133. The highest BCUT2D eigenvalue weighted by Gasteiger charge is 2.33. The SMILES string of the molecule is C=C1CC2CC1CN2.Cl. The molecule has 2 aliphatic rings. The zero-order chi connectivity index (χ0) is 5.56. The minimum absolute atomic E-state index is 0. The van der Waals surface area contributed by atoms with Crippen molar-refractivity contribution in [2.45, 2.75) is 18.9 Å². The van der Waals surface area contributed by atoms with Crippen LogP contribution in [0.5, 0.6) is 0 Å². The molecule has 1 aliphatic heterocycles. The summed E-state index contributed by atoms with van der Waals surface area (Å²) in [4.78, 5) is 0. The Morgan fingerprint density at radius 2 is 2.33 bits per heavy atom. The van der Waals surface area contributed by atoms with Crippen molar-refractivity contribution in [2.24, 2.45) is 5.92 Å². The number of piperidine rings is 1. The summed E-state index contributed by atoms with van der Waals surface area (Å²) in [6.45, 7) is 5.19. The van der Waals surface area contributed by atoms with Gasteiger partial charge in [-0.05, 0) is 18.8 Å². The van der Waals surface area contributed by atoms with Gasteiger partial charge in [-0.1, -0.05) is 12.2 Å². The summed E-state index contributed by atoms with van der Waals surface area (Å²) < 4.78 is 0. The summed E-state index contributed by atoms with van der Waals surface area (Å²) in [5.74, 6) is 0.833. The number of nitrogens with one attached hydrogen (secondary N) is 1. The summed E-state index contributed by atoms with van der Waals surface area (Å²) in [5, 5.41) is 3.43. The van der Waals surface area contributed by atoms with Crippen molar-refractivity contribution in [3.8, 4) is 0 Å². The van der Waals surface area contributed by atoms with Crippen molar-refractivity contribution in [1.82, 2.24) is 5.32 Å². The van der Waals surface area contributed by atoms with Crippen LogP contribution in [0.3, 0.4) is 0 Å². The largest absolute Gasteiger partial charge is 0.313 e. The van der Waals surface area contributed by atoms with Crippen molar-refractivity contribution >= 4 is 12.4 Å². The van der Waals surface area contributed by atoms with E-state index in [2.05, 4.69) is 11.9 Å². The van der Waals surface area contributed by atoms with Crippen LogP contribution in [-0.2, 0) is 0 Å². The van der Waals surface area contributed by atoms with Gasteiger partial charge in [0.15, 0.2) is 0 Å². The first kappa shape index (κ1) is 7.10. The molecule has 2 fully saturated rings. The fourth-order valence-electron chi connectivity index (χ4n) is 1.77. The van der Waals surface area contributed by atoms with Crippen LogP contribution in [0.25, 0.3) is 0 Å². The predicted molar refractivity (Wildman–Crippen MR) is 40.9 cm³/mol. The smallest absolute Gasteiger partial charge is 0.0111 e. The van der Waals surface area contributed by atoms with Gasteiger partial charge in [0.25, 0.3) is 0 Å². The normalized spacial score (nSPS) is 38.9. The number of hydrogen-bond donors (Lipinski definition) is 1. The van der Waals surface area contributed by atoms with Crippen LogP contribution >= 0.6 is 12.4 Å². The third kappa shape index (κ3) is 0.993. The van der Waals surface area contributed by atoms with E-state index >= 15 is 0 Å². The molecule has 1 N–H and O–H groups in total. The number of fused-ring (bicyclic) bond motifs is 2. The van der Waals surface area contributed by atoms with E-state index in [-0.39, 0.29) is 12.4 Å². The van der Waals surface area contributed by atoms with Gasteiger partial charge < -0.3 is 5.32 Å². The van der Waals surface area contributed by atoms with Crippen molar-refractivity contribution in [2.75, 3.05) is 6.54 Å². The van der Waals surface area contributed by atoms with Crippen LogP contribution in [-0.4, -0.2) is 12.6 Å². The molecule has 1 heterocycles. The Balaban J connectivity index is 0.000000405. The van der Waals surface area contributed by atoms with Crippen molar-refractivity contribution in [1.29, 1.82) is 0 Å². The van der Waals surface area contributed by atoms with E-state index < -0.39 is 0 Å². The molecule has 2 atom stereocenters. The molecule has 9 heavy (non-hydrogen) atoms. The summed E-state index contributed by atoms with van der Waals surface area (Å²) in [5.41, 5.74) is 1.48. The Kier molecular flexibility index (Phi) is 1.83. The molecule has 2 rings (SSSR count). The Morgan fingerprint density at radius 1 is 1.56 bits per heavy atom. The third-order valence-corrected chi connectivity index (χ3v) is 2.31. The molecule has 0 radical (unpaired) electrons. The second kappa shape index (κ2) is 2.31.